The van der Waals surface area contributed by atoms with E-state index in [1.807, 2.05) is 56.3 Å². The fraction of sp³-hybridized carbons (Fsp3) is 0.429. The van der Waals surface area contributed by atoms with E-state index < -0.39 is 162 Å². The zero-order valence-corrected chi connectivity index (χ0v) is 69.2. The Bertz CT molecular complexity index is 4670. The summed E-state index contributed by atoms with van der Waals surface area (Å²) in [6, 6.07) is 20.1. The maximum absolute atomic E-state index is 15.4. The lowest BCUT2D eigenvalue weighted by Crippen LogP contribution is -2.66. The first-order valence-electron chi connectivity index (χ1n) is 39.7. The van der Waals surface area contributed by atoms with E-state index in [1.54, 1.807) is 74.5 Å². The van der Waals surface area contributed by atoms with Crippen molar-refractivity contribution in [2.45, 2.75) is 198 Å². The number of alkyl halides is 3. The number of quaternary nitrogens is 1. The highest BCUT2D eigenvalue weighted by Gasteiger charge is 2.41. The van der Waals surface area contributed by atoms with E-state index in [9.17, 15) is 75.8 Å². The van der Waals surface area contributed by atoms with Crippen molar-refractivity contribution < 1.29 is 101 Å². The first-order valence-corrected chi connectivity index (χ1v) is 40.1. The number of hydrogen-bond donors (Lipinski definition) is 16. The molecule has 656 valence electrons. The van der Waals surface area contributed by atoms with Crippen LogP contribution in [0.2, 0.25) is 5.02 Å². The number of unbranched alkanes of at least 4 members (excludes halogenated alkanes) is 1. The number of nitrogens with zero attached hydrogens (tertiary/aromatic N) is 2. The number of aliphatic carboxylic acids is 1. The van der Waals surface area contributed by atoms with Crippen LogP contribution in [0.4, 0.5) is 29.3 Å². The second-order valence-corrected chi connectivity index (χ2v) is 30.9. The molecule has 0 spiro atoms. The molecule has 34 nitrogen and oxygen atoms in total. The number of likely N-dealkylation sites (tertiary alicyclic amines) is 1. The van der Waals surface area contributed by atoms with Gasteiger partial charge in [0, 0.05) is 93.9 Å². The van der Waals surface area contributed by atoms with Crippen molar-refractivity contribution in [3.8, 4) is 0 Å². The van der Waals surface area contributed by atoms with Gasteiger partial charge in [-0.1, -0.05) is 124 Å². The molecule has 2 aliphatic rings. The van der Waals surface area contributed by atoms with Crippen LogP contribution in [-0.2, 0) is 99.2 Å². The van der Waals surface area contributed by atoms with Crippen LogP contribution in [0.15, 0.2) is 140 Å². The van der Waals surface area contributed by atoms with Gasteiger partial charge < -0.3 is 94.3 Å². The molecule has 2 aliphatic heterocycles. The lowest BCUT2D eigenvalue weighted by molar-refractivity contribution is -0.344. The normalized spacial score (nSPS) is 15.8. The minimum Gasteiger partial charge on any atom is -0.542 e. The molecule has 0 saturated carbocycles. The molecule has 5 aromatic carbocycles. The van der Waals surface area contributed by atoms with E-state index in [4.69, 9.17) is 21.5 Å². The molecule has 1 aromatic heterocycles. The predicted octanol–water partition coefficient (Wildman–Crippen LogP) is 0.648. The number of carboxylic acids is 1. The average Bonchev–Trinajstić information content (AvgIpc) is 1.44. The summed E-state index contributed by atoms with van der Waals surface area (Å²) >= 11 is 6.27. The van der Waals surface area contributed by atoms with E-state index in [1.165, 1.54) is 62.3 Å². The number of anilines is 2. The zero-order valence-electron chi connectivity index (χ0n) is 68.5. The summed E-state index contributed by atoms with van der Waals surface area (Å²) in [5, 5.41) is 60.4. The lowest BCUT2D eigenvalue weighted by atomic mass is 9.99. The standard InChI is InChI=1S/C82H104ClN17O15.C2HF3O2/c1-46(2)36-62(72(105)92-61(17-10-11-34-86-47(3)4)81(114)100-35-13-18-70(100)80(113)88-48(5)71(84)104)93-74(107)65(39-52-22-29-59(30-23-52)89-49(6)102)95-76(109)66(40-53-24-31-60(32-25-53)91-78(111)68-44-87-82(115)99-68)97-79(112)69(45-101)98-77(110)67(42-55-14-12-33-85-43-55)96-75(108)64(38-51-20-27-58(83)28-21-51)94-73(106)63(90-50(7)103)41-54-19-26-56-15-8-9-16-57(56)37-54;3-2(4,5)1(6)7/h8-9,12,14-16,19-33,37,43,46-48,61-70,86,101H,10-11,13,17-18,34-36,38-42,44-45H2,1-7H3,(H2,84,104)(H,88,113)(H,89,102)(H,90,103)(H,91,111)(H,92,105)(H,93,107)(H,94,106)(H,95,109)(H,96,108)(H,97,112)(H,98,110)(H2,87,99,115);(H,6,7)/t48-,61+,62+,63-,64-,65-,66+,67-,68-,69+,70+;/m1./s1. The number of nitrogens with one attached hydrogen (secondary N) is 14. The number of carboxylic acid groups (broad SMARTS) is 1. The third-order valence-corrected chi connectivity index (χ3v) is 19.9. The fourth-order valence-electron chi connectivity index (χ4n) is 13.3. The summed E-state index contributed by atoms with van der Waals surface area (Å²) in [5.41, 5.74) is 6.51. The lowest BCUT2D eigenvalue weighted by Gasteiger charge is -2.31. The Hall–Kier alpha value is -12.5. The van der Waals surface area contributed by atoms with E-state index >= 15 is 9.59 Å². The van der Waals surface area contributed by atoms with Crippen molar-refractivity contribution in [3.05, 3.63) is 173 Å². The first kappa shape index (κ1) is 96.6. The molecule has 2 saturated heterocycles. The topological polar surface area (TPSA) is 512 Å². The van der Waals surface area contributed by atoms with Crippen molar-refractivity contribution >= 4 is 123 Å². The number of carbonyl (C=O) groups excluding carboxylic acids is 15. The molecule has 38 heteroatoms. The predicted molar refractivity (Wildman–Crippen MR) is 440 cm³/mol. The summed E-state index contributed by atoms with van der Waals surface area (Å²) in [4.78, 5) is 210. The maximum atomic E-state index is 15.4. The van der Waals surface area contributed by atoms with Crippen molar-refractivity contribution in [3.63, 3.8) is 0 Å². The minimum absolute atomic E-state index is 0.00513. The molecular weight excluding hydrogens is 1610 g/mol. The third-order valence-electron chi connectivity index (χ3n) is 19.6. The van der Waals surface area contributed by atoms with Crippen molar-refractivity contribution in [2.75, 3.05) is 36.9 Å². The van der Waals surface area contributed by atoms with Gasteiger partial charge in [-0.05, 0) is 139 Å². The van der Waals surface area contributed by atoms with Crippen molar-refractivity contribution in [2.24, 2.45) is 5.92 Å². The van der Waals surface area contributed by atoms with Crippen LogP contribution in [0.1, 0.15) is 115 Å². The van der Waals surface area contributed by atoms with E-state index in [0.29, 0.717) is 64.3 Å². The number of aliphatic hydroxyl groups is 1. The Labute approximate surface area is 707 Å². The molecule has 122 heavy (non-hydrogen) atoms. The number of aliphatic hydroxyl groups excluding tert-OH is 1. The number of fused-ring (bicyclic) bond motifs is 1. The van der Waals surface area contributed by atoms with Gasteiger partial charge in [0.1, 0.15) is 72.4 Å². The van der Waals surface area contributed by atoms with Gasteiger partial charge in [0.2, 0.25) is 70.9 Å². The Kier molecular flexibility index (Phi) is 37.2. The number of rotatable bonds is 41. The molecule has 6 aromatic rings. The van der Waals surface area contributed by atoms with Crippen LogP contribution in [0.3, 0.4) is 0 Å². The van der Waals surface area contributed by atoms with Gasteiger partial charge in [0.15, 0.2) is 0 Å². The summed E-state index contributed by atoms with van der Waals surface area (Å²) < 4.78 is 31.5. The quantitative estimate of drug-likeness (QED) is 0.0234. The summed E-state index contributed by atoms with van der Waals surface area (Å²) in [6.45, 7) is 11.3. The van der Waals surface area contributed by atoms with Crippen LogP contribution >= 0.6 is 11.6 Å². The van der Waals surface area contributed by atoms with Gasteiger partial charge in [0.25, 0.3) is 0 Å². The summed E-state index contributed by atoms with van der Waals surface area (Å²) in [7, 11) is 0. The Balaban J connectivity index is 0.00000280. The number of benzene rings is 5. The van der Waals surface area contributed by atoms with Crippen LogP contribution in [0, 0.1) is 5.92 Å². The Morgan fingerprint density at radius 2 is 1.02 bits per heavy atom. The SMILES string of the molecule is CC(=O)Nc1ccc(C[C@@H](NC(=O)[C@H](Cc2ccc(NC(=O)[C@H]3CNC(=O)N3)cc2)NC(=O)[C@H](CO)NC(=O)[C@@H](Cc2cccnc2)NC(=O)[C@@H](Cc2ccc(Cl)cc2)NC(=O)[C@@H](Cc2ccc3ccccc3c2)NC(C)=O)C(=O)N[C@@H](CC(C)C)C(=O)N[C@@H](CCCCNC(C)C)C(=O)N2CCC[C@H]2C(=O)N[C@H](C)C([NH3+])=O)cc1.O=C([O-])C(F)(F)F. The number of aromatic nitrogens is 1. The number of carbonyl (C=O) groups is 15. The fourth-order valence-corrected chi connectivity index (χ4v) is 13.4. The molecule has 0 aliphatic carbocycles. The highest BCUT2D eigenvalue weighted by atomic mass is 35.5. The Morgan fingerprint density at radius 3 is 1.50 bits per heavy atom. The van der Waals surface area contributed by atoms with Gasteiger partial charge >= 0.3 is 18.1 Å². The monoisotopic (exact) mass is 1720 g/mol. The molecule has 3 heterocycles. The highest BCUT2D eigenvalue weighted by molar-refractivity contribution is 6.30. The second-order valence-electron chi connectivity index (χ2n) is 30.4. The van der Waals surface area contributed by atoms with Crippen LogP contribution in [-0.4, -0.2) is 209 Å². The Morgan fingerprint density at radius 1 is 0.557 bits per heavy atom. The molecule has 0 bridgehead atoms. The van der Waals surface area contributed by atoms with E-state index in [-0.39, 0.29) is 88.0 Å². The average molecular weight is 1720 g/mol. The molecule has 8 rings (SSSR count). The molecule has 15 amide bonds. The number of hydrogen-bond acceptors (Lipinski definition) is 19. The molecule has 0 unspecified atom stereocenters. The number of urea groups is 1. The smallest absolute Gasteiger partial charge is 0.430 e. The molecule has 0 radical (unpaired) electrons. The maximum Gasteiger partial charge on any atom is 0.430 e. The van der Waals surface area contributed by atoms with E-state index in [0.717, 1.165) is 10.8 Å². The van der Waals surface area contributed by atoms with Gasteiger partial charge in [-0.2, -0.15) is 13.2 Å². The molecule has 11 atom stereocenters. The minimum atomic E-state index is -5.19. The van der Waals surface area contributed by atoms with Crippen LogP contribution < -0.4 is 85.3 Å². The van der Waals surface area contributed by atoms with Crippen LogP contribution in [0.5, 0.6) is 0 Å². The van der Waals surface area contributed by atoms with E-state index in [2.05, 4.69) is 85.2 Å². The van der Waals surface area contributed by atoms with Crippen molar-refractivity contribution in [1.82, 2.24) is 73.7 Å². The van der Waals surface area contributed by atoms with Gasteiger partial charge in [0.05, 0.1) is 6.61 Å². The summed E-state index contributed by atoms with van der Waals surface area (Å²) in [5.74, 6) is -12.9. The number of halogens is 4. The largest absolute Gasteiger partial charge is 0.542 e. The van der Waals surface area contributed by atoms with Gasteiger partial charge in [-0.15, -0.1) is 0 Å². The van der Waals surface area contributed by atoms with Gasteiger partial charge in [-0.25, -0.2) is 9.59 Å². The number of pyridine rings is 1. The third kappa shape index (κ3) is 31.6. The zero-order chi connectivity index (χ0) is 89.5. The first-order chi connectivity index (χ1) is 57.8. The van der Waals surface area contributed by atoms with Gasteiger partial charge in [-0.3, -0.25) is 68.3 Å². The highest BCUT2D eigenvalue weighted by Crippen LogP contribution is 2.24. The molecular formula is C84H105ClF3N17O17. The second kappa shape index (κ2) is 46.9. The number of amides is 15. The molecule has 2 fully saturated rings. The molecule has 18 N–H and O–H groups in total. The summed E-state index contributed by atoms with van der Waals surface area (Å²) in [6.07, 6.45) is -1.41. The van der Waals surface area contributed by atoms with Crippen molar-refractivity contribution in [1.29, 1.82) is 0 Å². The van der Waals surface area contributed by atoms with Crippen LogP contribution in [0.25, 0.3) is 10.8 Å².